The molecule has 0 radical (unpaired) electrons. The van der Waals surface area contributed by atoms with Gasteiger partial charge in [0, 0.05) is 15.3 Å². The van der Waals surface area contributed by atoms with Crippen molar-refractivity contribution in [3.8, 4) is 0 Å². The highest BCUT2D eigenvalue weighted by atomic mass is 127. The smallest absolute Gasteiger partial charge is 0.124 e. The Morgan fingerprint density at radius 3 is 2.72 bits per heavy atom. The monoisotopic (exact) mass is 361 g/mol. The van der Waals surface area contributed by atoms with E-state index in [9.17, 15) is 4.39 Å². The van der Waals surface area contributed by atoms with Crippen LogP contribution in [0.3, 0.4) is 0 Å². The van der Waals surface area contributed by atoms with E-state index < -0.39 is 0 Å². The molecule has 1 aromatic carbocycles. The third-order valence-corrected chi connectivity index (χ3v) is 4.86. The van der Waals surface area contributed by atoms with E-state index in [-0.39, 0.29) is 5.82 Å². The summed E-state index contributed by atoms with van der Waals surface area (Å²) in [6.07, 6.45) is 3.71. The number of rotatable bonds is 2. The lowest BCUT2D eigenvalue weighted by atomic mass is 9.70. The SMILES string of the molecule is CC1CC(C)(C)CCC1Nc1ccc(F)cc1I. The standard InChI is InChI=1S/C15H21FIN/c1-10-9-15(2,3)7-6-13(10)18-14-5-4-11(16)8-12(14)17/h4-5,8,10,13,18H,6-7,9H2,1-3H3. The molecule has 1 fully saturated rings. The molecule has 0 aromatic heterocycles. The van der Waals surface area contributed by atoms with Crippen LogP contribution in [0.1, 0.15) is 40.0 Å². The second-order valence-electron chi connectivity index (χ2n) is 6.26. The molecule has 1 nitrogen and oxygen atoms in total. The molecule has 1 N–H and O–H groups in total. The zero-order valence-electron chi connectivity index (χ0n) is 11.3. The van der Waals surface area contributed by atoms with Crippen LogP contribution in [0.2, 0.25) is 0 Å². The molecule has 0 amide bonds. The van der Waals surface area contributed by atoms with Crippen LogP contribution in [0.4, 0.5) is 10.1 Å². The summed E-state index contributed by atoms with van der Waals surface area (Å²) in [5, 5.41) is 3.59. The van der Waals surface area contributed by atoms with Crippen LogP contribution in [0, 0.1) is 20.7 Å². The van der Waals surface area contributed by atoms with Gasteiger partial charge in [-0.15, -0.1) is 0 Å². The lowest BCUT2D eigenvalue weighted by Crippen LogP contribution is -2.37. The summed E-state index contributed by atoms with van der Waals surface area (Å²) in [6.45, 7) is 7.01. The van der Waals surface area contributed by atoms with E-state index in [1.54, 1.807) is 6.07 Å². The Labute approximate surface area is 123 Å². The minimum absolute atomic E-state index is 0.164. The minimum atomic E-state index is -0.164. The van der Waals surface area contributed by atoms with Crippen molar-refractivity contribution in [3.63, 3.8) is 0 Å². The van der Waals surface area contributed by atoms with Gasteiger partial charge in [-0.1, -0.05) is 20.8 Å². The molecule has 3 heteroatoms. The Kier molecular flexibility index (Phi) is 4.19. The maximum Gasteiger partial charge on any atom is 0.124 e. The number of hydrogen-bond acceptors (Lipinski definition) is 1. The van der Waals surface area contributed by atoms with Crippen LogP contribution in [0.15, 0.2) is 18.2 Å². The maximum absolute atomic E-state index is 13.1. The van der Waals surface area contributed by atoms with E-state index in [4.69, 9.17) is 0 Å². The number of halogens is 2. The van der Waals surface area contributed by atoms with Crippen molar-refractivity contribution in [3.05, 3.63) is 27.6 Å². The number of anilines is 1. The lowest BCUT2D eigenvalue weighted by Gasteiger charge is -2.40. The average molecular weight is 361 g/mol. The largest absolute Gasteiger partial charge is 0.381 e. The summed E-state index contributed by atoms with van der Waals surface area (Å²) in [7, 11) is 0. The fourth-order valence-corrected chi connectivity index (χ4v) is 3.60. The molecule has 1 aliphatic carbocycles. The topological polar surface area (TPSA) is 12.0 Å². The van der Waals surface area contributed by atoms with Crippen LogP contribution >= 0.6 is 22.6 Å². The van der Waals surface area contributed by atoms with Crippen molar-refractivity contribution in [1.29, 1.82) is 0 Å². The Bertz CT molecular complexity index is 431. The molecular formula is C15H21FIN. The third-order valence-electron chi connectivity index (χ3n) is 3.97. The van der Waals surface area contributed by atoms with Crippen molar-refractivity contribution in [2.75, 3.05) is 5.32 Å². The normalized spacial score (nSPS) is 26.9. The first-order valence-electron chi connectivity index (χ1n) is 6.59. The van der Waals surface area contributed by atoms with Gasteiger partial charge in [0.1, 0.15) is 5.82 Å². The molecule has 2 rings (SSSR count). The molecule has 2 atom stereocenters. The predicted molar refractivity (Wildman–Crippen MR) is 83.3 cm³/mol. The summed E-state index contributed by atoms with van der Waals surface area (Å²) in [6, 6.07) is 5.48. The molecule has 0 spiro atoms. The van der Waals surface area contributed by atoms with Crippen molar-refractivity contribution in [2.45, 2.75) is 46.1 Å². The van der Waals surface area contributed by atoms with Crippen LogP contribution < -0.4 is 5.32 Å². The number of nitrogens with one attached hydrogen (secondary N) is 1. The van der Waals surface area contributed by atoms with Crippen molar-refractivity contribution in [1.82, 2.24) is 0 Å². The summed E-state index contributed by atoms with van der Waals surface area (Å²) >= 11 is 2.19. The van der Waals surface area contributed by atoms with Crippen LogP contribution in [-0.4, -0.2) is 6.04 Å². The van der Waals surface area contributed by atoms with Crippen LogP contribution in [-0.2, 0) is 0 Å². The molecule has 0 aliphatic heterocycles. The third kappa shape index (κ3) is 3.37. The van der Waals surface area contributed by atoms with Crippen molar-refractivity contribution in [2.24, 2.45) is 11.3 Å². The van der Waals surface area contributed by atoms with E-state index in [0.29, 0.717) is 17.4 Å². The Balaban J connectivity index is 2.06. The van der Waals surface area contributed by atoms with E-state index in [2.05, 4.69) is 48.7 Å². The molecule has 18 heavy (non-hydrogen) atoms. The van der Waals surface area contributed by atoms with Crippen molar-refractivity contribution >= 4 is 28.3 Å². The lowest BCUT2D eigenvalue weighted by molar-refractivity contribution is 0.177. The summed E-state index contributed by atoms with van der Waals surface area (Å²) in [4.78, 5) is 0. The Hall–Kier alpha value is -0.320. The minimum Gasteiger partial charge on any atom is -0.381 e. The molecule has 2 unspecified atom stereocenters. The van der Waals surface area contributed by atoms with E-state index in [1.807, 2.05) is 6.07 Å². The van der Waals surface area contributed by atoms with Gasteiger partial charge in [0.25, 0.3) is 0 Å². The fraction of sp³-hybridized carbons (Fsp3) is 0.600. The summed E-state index contributed by atoms with van der Waals surface area (Å²) < 4.78 is 14.0. The molecule has 1 aromatic rings. The van der Waals surface area contributed by atoms with Gasteiger partial charge >= 0.3 is 0 Å². The zero-order valence-corrected chi connectivity index (χ0v) is 13.4. The second kappa shape index (κ2) is 5.35. The molecular weight excluding hydrogens is 340 g/mol. The van der Waals surface area contributed by atoms with Gasteiger partial charge in [-0.25, -0.2) is 4.39 Å². The van der Waals surface area contributed by atoms with Gasteiger partial charge in [-0.2, -0.15) is 0 Å². The highest BCUT2D eigenvalue weighted by Crippen LogP contribution is 2.39. The maximum atomic E-state index is 13.1. The van der Waals surface area contributed by atoms with E-state index >= 15 is 0 Å². The quantitative estimate of drug-likeness (QED) is 0.727. The van der Waals surface area contributed by atoms with Gasteiger partial charge in [0.05, 0.1) is 0 Å². The van der Waals surface area contributed by atoms with E-state index in [1.165, 1.54) is 25.3 Å². The molecule has 1 saturated carbocycles. The number of benzene rings is 1. The molecule has 100 valence electrons. The molecule has 0 saturated heterocycles. The molecule has 0 bridgehead atoms. The number of hydrogen-bond donors (Lipinski definition) is 1. The predicted octanol–water partition coefficient (Wildman–Crippen LogP) is 5.06. The fourth-order valence-electron chi connectivity index (χ4n) is 2.97. The van der Waals surface area contributed by atoms with Crippen LogP contribution in [0.5, 0.6) is 0 Å². The zero-order chi connectivity index (χ0) is 13.3. The van der Waals surface area contributed by atoms with Gasteiger partial charge in [0.2, 0.25) is 0 Å². The second-order valence-corrected chi connectivity index (χ2v) is 7.42. The Morgan fingerprint density at radius 2 is 2.11 bits per heavy atom. The molecule has 1 aliphatic rings. The van der Waals surface area contributed by atoms with Gasteiger partial charge in [-0.3, -0.25) is 0 Å². The van der Waals surface area contributed by atoms with Gasteiger partial charge < -0.3 is 5.32 Å². The highest BCUT2D eigenvalue weighted by molar-refractivity contribution is 14.1. The highest BCUT2D eigenvalue weighted by Gasteiger charge is 2.32. The first kappa shape index (κ1) is 14.1. The van der Waals surface area contributed by atoms with E-state index in [0.717, 1.165) is 9.26 Å². The first-order chi connectivity index (χ1) is 8.37. The summed E-state index contributed by atoms with van der Waals surface area (Å²) in [5.74, 6) is 0.498. The van der Waals surface area contributed by atoms with Gasteiger partial charge in [-0.05, 0) is 71.4 Å². The van der Waals surface area contributed by atoms with Crippen molar-refractivity contribution < 1.29 is 4.39 Å². The first-order valence-corrected chi connectivity index (χ1v) is 7.67. The van der Waals surface area contributed by atoms with Crippen LogP contribution in [0.25, 0.3) is 0 Å². The summed E-state index contributed by atoms with van der Waals surface area (Å²) in [5.41, 5.74) is 1.53. The molecule has 0 heterocycles. The van der Waals surface area contributed by atoms with Gasteiger partial charge in [0.15, 0.2) is 0 Å². The average Bonchev–Trinajstić information content (AvgIpc) is 2.24. The Morgan fingerprint density at radius 1 is 1.39 bits per heavy atom.